The number of nitrogens with zero attached hydrogens (tertiary/aromatic N) is 1. The summed E-state index contributed by atoms with van der Waals surface area (Å²) in [7, 11) is 1.36. The Morgan fingerprint density at radius 1 is 1.50 bits per heavy atom. The lowest BCUT2D eigenvalue weighted by molar-refractivity contribution is -0.144. The molecule has 0 aromatic rings. The molecule has 1 aliphatic heterocycles. The third-order valence-electron chi connectivity index (χ3n) is 2.93. The van der Waals surface area contributed by atoms with Gasteiger partial charge in [0.1, 0.15) is 0 Å². The normalized spacial score (nSPS) is 22.7. The van der Waals surface area contributed by atoms with Gasteiger partial charge in [-0.1, -0.05) is 0 Å². The lowest BCUT2D eigenvalue weighted by Crippen LogP contribution is -2.50. The number of carbonyl (C=O) groups is 2. The molecule has 1 aliphatic rings. The van der Waals surface area contributed by atoms with Gasteiger partial charge in [-0.3, -0.25) is 9.59 Å². The number of methoxy groups -OCH3 is 1. The van der Waals surface area contributed by atoms with Crippen LogP contribution in [0.15, 0.2) is 0 Å². The van der Waals surface area contributed by atoms with Crippen molar-refractivity contribution in [3.63, 3.8) is 0 Å². The van der Waals surface area contributed by atoms with Gasteiger partial charge in [0.05, 0.1) is 19.6 Å². The van der Waals surface area contributed by atoms with Gasteiger partial charge in [0.2, 0.25) is 5.91 Å². The molecule has 1 unspecified atom stereocenters. The van der Waals surface area contributed by atoms with Crippen LogP contribution in [0.2, 0.25) is 0 Å². The van der Waals surface area contributed by atoms with Crippen molar-refractivity contribution >= 4 is 11.9 Å². The zero-order valence-electron chi connectivity index (χ0n) is 9.94. The van der Waals surface area contributed by atoms with E-state index in [2.05, 4.69) is 4.74 Å². The number of likely N-dealkylation sites (tertiary alicyclic amines) is 1. The lowest BCUT2D eigenvalue weighted by atomic mass is 9.98. The Morgan fingerprint density at radius 3 is 2.75 bits per heavy atom. The average molecular weight is 228 g/mol. The van der Waals surface area contributed by atoms with E-state index in [1.165, 1.54) is 7.11 Å². The number of hydrogen-bond acceptors (Lipinski definition) is 4. The van der Waals surface area contributed by atoms with Gasteiger partial charge in [-0.05, 0) is 26.2 Å². The van der Waals surface area contributed by atoms with Crippen LogP contribution in [0.5, 0.6) is 0 Å². The smallest absolute Gasteiger partial charge is 0.307 e. The highest BCUT2D eigenvalue weighted by atomic mass is 16.5. The molecule has 2 atom stereocenters. The second kappa shape index (κ2) is 5.84. The molecular formula is C11H20N2O3. The van der Waals surface area contributed by atoms with Crippen LogP contribution in [0.3, 0.4) is 0 Å². The van der Waals surface area contributed by atoms with Crippen LogP contribution in [0, 0.1) is 0 Å². The molecule has 0 aliphatic carbocycles. The topological polar surface area (TPSA) is 72.6 Å². The fourth-order valence-electron chi connectivity index (χ4n) is 2.04. The molecule has 0 bridgehead atoms. The highest BCUT2D eigenvalue weighted by Crippen LogP contribution is 2.20. The molecule has 5 nitrogen and oxygen atoms in total. The summed E-state index contributed by atoms with van der Waals surface area (Å²) in [6.45, 7) is 2.37. The summed E-state index contributed by atoms with van der Waals surface area (Å²) >= 11 is 0. The van der Waals surface area contributed by atoms with Gasteiger partial charge in [0, 0.05) is 12.6 Å². The van der Waals surface area contributed by atoms with Crippen molar-refractivity contribution in [2.45, 2.75) is 44.7 Å². The fraction of sp³-hybridized carbons (Fsp3) is 0.818. The summed E-state index contributed by atoms with van der Waals surface area (Å²) in [6, 6.07) is -0.544. The van der Waals surface area contributed by atoms with Gasteiger partial charge in [-0.25, -0.2) is 0 Å². The minimum absolute atomic E-state index is 0.0419. The largest absolute Gasteiger partial charge is 0.469 e. The van der Waals surface area contributed by atoms with Gasteiger partial charge in [-0.2, -0.15) is 0 Å². The van der Waals surface area contributed by atoms with E-state index in [9.17, 15) is 9.59 Å². The molecule has 0 spiro atoms. The Kier molecular flexibility index (Phi) is 4.73. The Morgan fingerprint density at radius 2 is 2.19 bits per heavy atom. The average Bonchev–Trinajstić information content (AvgIpc) is 2.28. The van der Waals surface area contributed by atoms with E-state index in [1.807, 2.05) is 0 Å². The van der Waals surface area contributed by atoms with E-state index in [0.717, 1.165) is 19.3 Å². The number of carbonyl (C=O) groups excluding carboxylic acids is 2. The first-order chi connectivity index (χ1) is 7.56. The molecular weight excluding hydrogens is 208 g/mol. The second-order valence-electron chi connectivity index (χ2n) is 4.25. The third kappa shape index (κ3) is 3.20. The highest BCUT2D eigenvalue weighted by Gasteiger charge is 2.29. The van der Waals surface area contributed by atoms with Crippen LogP contribution >= 0.6 is 0 Å². The summed E-state index contributed by atoms with van der Waals surface area (Å²) < 4.78 is 4.63. The molecule has 1 heterocycles. The molecule has 92 valence electrons. The molecule has 0 aromatic heterocycles. The van der Waals surface area contributed by atoms with E-state index in [0.29, 0.717) is 6.54 Å². The number of hydrogen-bond donors (Lipinski definition) is 1. The molecule has 5 heteroatoms. The van der Waals surface area contributed by atoms with Crippen molar-refractivity contribution in [2.75, 3.05) is 13.7 Å². The van der Waals surface area contributed by atoms with Crippen LogP contribution in [-0.4, -0.2) is 42.5 Å². The number of esters is 1. The molecule has 2 N–H and O–H groups in total. The fourth-order valence-corrected chi connectivity index (χ4v) is 2.04. The maximum atomic E-state index is 11.8. The van der Waals surface area contributed by atoms with Crippen LogP contribution in [0.1, 0.15) is 32.6 Å². The first kappa shape index (κ1) is 13.0. The molecule has 1 fully saturated rings. The SMILES string of the molecule is COC(=O)CC1CCCCN1C(=O)[C@H](C)N. The summed E-state index contributed by atoms with van der Waals surface area (Å²) in [4.78, 5) is 24.8. The van der Waals surface area contributed by atoms with Crippen molar-refractivity contribution in [1.29, 1.82) is 0 Å². The first-order valence-corrected chi connectivity index (χ1v) is 5.69. The van der Waals surface area contributed by atoms with E-state index in [4.69, 9.17) is 5.73 Å². The zero-order chi connectivity index (χ0) is 12.1. The van der Waals surface area contributed by atoms with Crippen molar-refractivity contribution in [3.05, 3.63) is 0 Å². The quantitative estimate of drug-likeness (QED) is 0.704. The molecule has 0 saturated carbocycles. The molecule has 16 heavy (non-hydrogen) atoms. The number of rotatable bonds is 3. The van der Waals surface area contributed by atoms with Crippen molar-refractivity contribution in [3.8, 4) is 0 Å². The Balaban J connectivity index is 2.63. The van der Waals surface area contributed by atoms with Gasteiger partial charge in [0.25, 0.3) is 0 Å². The Hall–Kier alpha value is -1.10. The highest BCUT2D eigenvalue weighted by molar-refractivity contribution is 5.82. The lowest BCUT2D eigenvalue weighted by Gasteiger charge is -2.36. The second-order valence-corrected chi connectivity index (χ2v) is 4.25. The van der Waals surface area contributed by atoms with Gasteiger partial charge in [0.15, 0.2) is 0 Å². The van der Waals surface area contributed by atoms with E-state index < -0.39 is 6.04 Å². The maximum Gasteiger partial charge on any atom is 0.307 e. The van der Waals surface area contributed by atoms with Crippen molar-refractivity contribution in [2.24, 2.45) is 5.73 Å². The van der Waals surface area contributed by atoms with Crippen molar-refractivity contribution < 1.29 is 14.3 Å². The van der Waals surface area contributed by atoms with E-state index in [1.54, 1.807) is 11.8 Å². The third-order valence-corrected chi connectivity index (χ3v) is 2.93. The van der Waals surface area contributed by atoms with Gasteiger partial charge in [-0.15, -0.1) is 0 Å². The van der Waals surface area contributed by atoms with Crippen LogP contribution in [0.4, 0.5) is 0 Å². The molecule has 1 amide bonds. The summed E-state index contributed by atoms with van der Waals surface area (Å²) in [5, 5.41) is 0. The minimum atomic E-state index is -0.502. The zero-order valence-corrected chi connectivity index (χ0v) is 9.94. The number of nitrogens with two attached hydrogens (primary N) is 1. The minimum Gasteiger partial charge on any atom is -0.469 e. The maximum absolute atomic E-state index is 11.8. The molecule has 0 radical (unpaired) electrons. The molecule has 1 rings (SSSR count). The monoisotopic (exact) mass is 228 g/mol. The molecule has 1 saturated heterocycles. The summed E-state index contributed by atoms with van der Waals surface area (Å²) in [6.07, 6.45) is 3.16. The standard InChI is InChI=1S/C11H20N2O3/c1-8(12)11(15)13-6-4-3-5-9(13)7-10(14)16-2/h8-9H,3-7,12H2,1-2H3/t8-,9?/m0/s1. The Bertz CT molecular complexity index is 266. The number of ether oxygens (including phenoxy) is 1. The van der Waals surface area contributed by atoms with Crippen LogP contribution in [0.25, 0.3) is 0 Å². The van der Waals surface area contributed by atoms with Crippen LogP contribution < -0.4 is 5.73 Å². The summed E-state index contributed by atoms with van der Waals surface area (Å²) in [5.74, 6) is -0.344. The number of piperidine rings is 1. The molecule has 0 aromatic carbocycles. The predicted molar refractivity (Wildman–Crippen MR) is 59.6 cm³/mol. The van der Waals surface area contributed by atoms with E-state index in [-0.39, 0.29) is 24.3 Å². The van der Waals surface area contributed by atoms with Crippen LogP contribution in [-0.2, 0) is 14.3 Å². The summed E-state index contributed by atoms with van der Waals surface area (Å²) in [5.41, 5.74) is 5.58. The first-order valence-electron chi connectivity index (χ1n) is 5.69. The van der Waals surface area contributed by atoms with Crippen molar-refractivity contribution in [1.82, 2.24) is 4.90 Å². The predicted octanol–water partition coefficient (Wildman–Crippen LogP) is 0.278. The Labute approximate surface area is 95.9 Å². The number of amides is 1. The van der Waals surface area contributed by atoms with Gasteiger partial charge < -0.3 is 15.4 Å². The van der Waals surface area contributed by atoms with E-state index >= 15 is 0 Å². The van der Waals surface area contributed by atoms with Gasteiger partial charge >= 0.3 is 5.97 Å².